The maximum absolute atomic E-state index is 11.8. The Morgan fingerprint density at radius 1 is 1.25 bits per heavy atom. The second-order valence-corrected chi connectivity index (χ2v) is 5.63. The number of ether oxygens (including phenoxy) is 1. The summed E-state index contributed by atoms with van der Waals surface area (Å²) in [6.45, 7) is 10.9. The van der Waals surface area contributed by atoms with Gasteiger partial charge in [0.25, 0.3) is 0 Å². The Balaban J connectivity index is 2.54. The summed E-state index contributed by atoms with van der Waals surface area (Å²) in [6, 6.07) is 7.03. The Hall–Kier alpha value is -1.97. The van der Waals surface area contributed by atoms with Gasteiger partial charge in [0, 0.05) is 11.9 Å². The van der Waals surface area contributed by atoms with E-state index in [4.69, 9.17) is 4.74 Å². The zero-order valence-electron chi connectivity index (χ0n) is 12.9. The molecule has 0 saturated heterocycles. The molecule has 0 aromatic heterocycles. The molecule has 0 spiro atoms. The molecule has 0 atom stereocenters. The molecule has 0 radical (unpaired) electrons. The Kier molecular flexibility index (Phi) is 5.62. The maximum Gasteiger partial charge on any atom is 0.323 e. The Morgan fingerprint density at radius 3 is 2.35 bits per heavy atom. The van der Waals surface area contributed by atoms with Crippen LogP contribution in [-0.4, -0.2) is 12.6 Å². The molecule has 20 heavy (non-hydrogen) atoms. The monoisotopic (exact) mass is 276 g/mol. The molecular formula is C16H24N2O2. The summed E-state index contributed by atoms with van der Waals surface area (Å²) >= 11 is 0. The lowest BCUT2D eigenvalue weighted by Crippen LogP contribution is -2.25. The van der Waals surface area contributed by atoms with Crippen molar-refractivity contribution in [3.05, 3.63) is 36.0 Å². The van der Waals surface area contributed by atoms with Gasteiger partial charge in [0.05, 0.1) is 6.61 Å². The lowest BCUT2D eigenvalue weighted by atomic mass is 9.88. The fourth-order valence-electron chi connectivity index (χ4n) is 1.36. The summed E-state index contributed by atoms with van der Waals surface area (Å²) in [6.07, 6.45) is 1.74. The van der Waals surface area contributed by atoms with Crippen LogP contribution < -0.4 is 15.4 Å². The minimum atomic E-state index is -0.252. The van der Waals surface area contributed by atoms with Gasteiger partial charge in [0.15, 0.2) is 0 Å². The van der Waals surface area contributed by atoms with E-state index in [1.165, 1.54) is 0 Å². The molecule has 0 bridgehead atoms. The van der Waals surface area contributed by atoms with E-state index in [-0.39, 0.29) is 11.4 Å². The van der Waals surface area contributed by atoms with Crippen molar-refractivity contribution in [2.45, 2.75) is 34.6 Å². The van der Waals surface area contributed by atoms with Gasteiger partial charge in [-0.25, -0.2) is 4.79 Å². The molecule has 1 aromatic carbocycles. The Bertz CT molecular complexity index is 470. The van der Waals surface area contributed by atoms with Crippen LogP contribution in [0, 0.1) is 5.41 Å². The highest BCUT2D eigenvalue weighted by Crippen LogP contribution is 2.23. The molecule has 2 amide bonds. The average molecular weight is 276 g/mol. The number of carbonyl (C=O) groups is 1. The fourth-order valence-corrected chi connectivity index (χ4v) is 1.36. The predicted molar refractivity (Wildman–Crippen MR) is 83.0 cm³/mol. The van der Waals surface area contributed by atoms with Gasteiger partial charge in [-0.2, -0.15) is 0 Å². The van der Waals surface area contributed by atoms with Gasteiger partial charge in [0.1, 0.15) is 5.75 Å². The molecule has 0 saturated carbocycles. The highest BCUT2D eigenvalue weighted by Gasteiger charge is 2.12. The van der Waals surface area contributed by atoms with Crippen molar-refractivity contribution in [2.24, 2.45) is 5.41 Å². The molecule has 1 rings (SSSR count). The Morgan fingerprint density at radius 2 is 1.85 bits per heavy atom. The van der Waals surface area contributed by atoms with E-state index >= 15 is 0 Å². The predicted octanol–water partition coefficient (Wildman–Crippen LogP) is 4.16. The third-order valence-corrected chi connectivity index (χ3v) is 3.03. The number of rotatable bonds is 4. The summed E-state index contributed by atoms with van der Waals surface area (Å²) in [5, 5.41) is 5.50. The number of hydrogen-bond donors (Lipinski definition) is 2. The van der Waals surface area contributed by atoms with Gasteiger partial charge in [-0.1, -0.05) is 26.3 Å². The van der Waals surface area contributed by atoms with Crippen LogP contribution in [0.25, 0.3) is 0 Å². The number of carbonyl (C=O) groups excluding carboxylic acids is 1. The molecule has 1 aromatic rings. The molecule has 0 fully saturated rings. The summed E-state index contributed by atoms with van der Waals surface area (Å²) < 4.78 is 5.34. The summed E-state index contributed by atoms with van der Waals surface area (Å²) in [5.74, 6) is 0.793. The maximum atomic E-state index is 11.8. The van der Waals surface area contributed by atoms with Crippen LogP contribution in [0.15, 0.2) is 36.0 Å². The van der Waals surface area contributed by atoms with Crippen molar-refractivity contribution in [3.63, 3.8) is 0 Å². The van der Waals surface area contributed by atoms with Crippen LogP contribution in [0.4, 0.5) is 10.5 Å². The number of nitrogens with one attached hydrogen (secondary N) is 2. The number of amides is 2. The molecule has 0 aliphatic rings. The molecule has 110 valence electrons. The molecule has 0 aliphatic carbocycles. The zero-order valence-corrected chi connectivity index (χ0v) is 12.9. The van der Waals surface area contributed by atoms with Crippen LogP contribution >= 0.6 is 0 Å². The first-order valence-electron chi connectivity index (χ1n) is 6.80. The van der Waals surface area contributed by atoms with E-state index in [1.54, 1.807) is 6.20 Å². The van der Waals surface area contributed by atoms with Crippen molar-refractivity contribution in [2.75, 3.05) is 11.9 Å². The molecule has 2 N–H and O–H groups in total. The first-order chi connectivity index (χ1) is 9.32. The lowest BCUT2D eigenvalue weighted by molar-refractivity contribution is 0.255. The molecular weight excluding hydrogens is 252 g/mol. The van der Waals surface area contributed by atoms with E-state index in [1.807, 2.05) is 38.1 Å². The SMILES string of the molecule is CCOc1ccc(NC(=O)N/C=C(\C)C(C)(C)C)cc1. The summed E-state index contributed by atoms with van der Waals surface area (Å²) in [5.41, 5.74) is 1.89. The topological polar surface area (TPSA) is 50.4 Å². The van der Waals surface area contributed by atoms with Crippen molar-refractivity contribution < 1.29 is 9.53 Å². The van der Waals surface area contributed by atoms with Crippen molar-refractivity contribution in [1.29, 1.82) is 0 Å². The first kappa shape index (κ1) is 16.1. The van der Waals surface area contributed by atoms with Crippen LogP contribution in [-0.2, 0) is 0 Å². The van der Waals surface area contributed by atoms with Crippen LogP contribution in [0.2, 0.25) is 0 Å². The van der Waals surface area contributed by atoms with Crippen LogP contribution in [0.1, 0.15) is 34.6 Å². The largest absolute Gasteiger partial charge is 0.494 e. The molecule has 4 heteroatoms. The highest BCUT2D eigenvalue weighted by molar-refractivity contribution is 5.89. The average Bonchev–Trinajstić information content (AvgIpc) is 2.37. The van der Waals surface area contributed by atoms with Gasteiger partial charge in [-0.3, -0.25) is 0 Å². The second-order valence-electron chi connectivity index (χ2n) is 5.63. The lowest BCUT2D eigenvalue weighted by Gasteiger charge is -2.19. The van der Waals surface area contributed by atoms with E-state index < -0.39 is 0 Å². The highest BCUT2D eigenvalue weighted by atomic mass is 16.5. The van der Waals surface area contributed by atoms with E-state index in [0.717, 1.165) is 17.0 Å². The minimum absolute atomic E-state index is 0.0480. The van der Waals surface area contributed by atoms with Gasteiger partial charge in [-0.15, -0.1) is 0 Å². The quantitative estimate of drug-likeness (QED) is 0.867. The molecule has 0 unspecified atom stereocenters. The van der Waals surface area contributed by atoms with Gasteiger partial charge in [-0.05, 0) is 43.5 Å². The van der Waals surface area contributed by atoms with Gasteiger partial charge >= 0.3 is 6.03 Å². The van der Waals surface area contributed by atoms with E-state index in [0.29, 0.717) is 6.61 Å². The molecule has 4 nitrogen and oxygen atoms in total. The number of allylic oxidation sites excluding steroid dienone is 1. The third-order valence-electron chi connectivity index (χ3n) is 3.03. The van der Waals surface area contributed by atoms with E-state index in [2.05, 4.69) is 31.4 Å². The second kappa shape index (κ2) is 6.98. The number of hydrogen-bond acceptors (Lipinski definition) is 2. The van der Waals surface area contributed by atoms with Crippen molar-refractivity contribution >= 4 is 11.7 Å². The number of anilines is 1. The number of urea groups is 1. The van der Waals surface area contributed by atoms with Crippen LogP contribution in [0.3, 0.4) is 0 Å². The standard InChI is InChI=1S/C16H24N2O2/c1-6-20-14-9-7-13(8-10-14)18-15(19)17-11-12(2)16(3,4)5/h7-11H,6H2,1-5H3,(H2,17,18,19)/b12-11+. The summed E-state index contributed by atoms with van der Waals surface area (Å²) in [7, 11) is 0. The first-order valence-corrected chi connectivity index (χ1v) is 6.80. The normalized spacial score (nSPS) is 11.9. The third kappa shape index (κ3) is 5.34. The van der Waals surface area contributed by atoms with E-state index in [9.17, 15) is 4.79 Å². The summed E-state index contributed by atoms with van der Waals surface area (Å²) in [4.78, 5) is 11.8. The molecule has 0 aliphatic heterocycles. The fraction of sp³-hybridized carbons (Fsp3) is 0.438. The van der Waals surface area contributed by atoms with Gasteiger partial charge < -0.3 is 15.4 Å². The van der Waals surface area contributed by atoms with Crippen LogP contribution in [0.5, 0.6) is 5.75 Å². The van der Waals surface area contributed by atoms with Gasteiger partial charge in [0.2, 0.25) is 0 Å². The zero-order chi connectivity index (χ0) is 15.2. The Labute approximate surface area is 121 Å². The minimum Gasteiger partial charge on any atom is -0.494 e. The van der Waals surface area contributed by atoms with Crippen molar-refractivity contribution in [3.8, 4) is 5.75 Å². The van der Waals surface area contributed by atoms with Crippen molar-refractivity contribution in [1.82, 2.24) is 5.32 Å². The molecule has 0 heterocycles. The number of benzene rings is 1. The smallest absolute Gasteiger partial charge is 0.323 e.